The molecule has 0 aromatic rings. The average Bonchev–Trinajstić information content (AvgIpc) is 2.53. The number of hydrogen-bond donors (Lipinski definition) is 2. The summed E-state index contributed by atoms with van der Waals surface area (Å²) in [7, 11) is 0. The van der Waals surface area contributed by atoms with Gasteiger partial charge in [-0.3, -0.25) is 0 Å². The Morgan fingerprint density at radius 3 is 2.53 bits per heavy atom. The molecule has 1 aliphatic carbocycles. The Morgan fingerprint density at radius 1 is 1.20 bits per heavy atom. The molecule has 2 rings (SSSR count). The van der Waals surface area contributed by atoms with Crippen molar-refractivity contribution >= 4 is 0 Å². The molecule has 0 radical (unpaired) electrons. The number of nitrogens with one attached hydrogen (secondary N) is 1. The third-order valence-electron chi connectivity index (χ3n) is 3.73. The third-order valence-corrected chi connectivity index (χ3v) is 3.73. The normalized spacial score (nSPS) is 34.2. The van der Waals surface area contributed by atoms with E-state index >= 15 is 0 Å². The molecule has 0 aromatic heterocycles. The highest BCUT2D eigenvalue weighted by atomic mass is 16.5. The largest absolute Gasteiger partial charge is 0.379 e. The fourth-order valence-electron chi connectivity index (χ4n) is 2.59. The molecule has 0 aromatic carbocycles. The van der Waals surface area contributed by atoms with Gasteiger partial charge in [0.2, 0.25) is 0 Å². The fourth-order valence-corrected chi connectivity index (χ4v) is 2.59. The molecule has 2 fully saturated rings. The van der Waals surface area contributed by atoms with E-state index in [2.05, 4.69) is 5.32 Å². The lowest BCUT2D eigenvalue weighted by atomic mass is 9.99. The van der Waals surface area contributed by atoms with Gasteiger partial charge in [-0.25, -0.2) is 0 Å². The van der Waals surface area contributed by atoms with Crippen LogP contribution in [0.1, 0.15) is 44.9 Å². The lowest BCUT2D eigenvalue weighted by Gasteiger charge is -2.26. The minimum absolute atomic E-state index is 0.0910. The standard InChI is InChI=1S/C12H24N2O/c13-12(7-8-15-10-12)9-14-11-5-3-1-2-4-6-11/h11,14H,1-10,13H2. The molecular formula is C12H24N2O. The molecule has 3 nitrogen and oxygen atoms in total. The highest BCUT2D eigenvalue weighted by Gasteiger charge is 2.30. The van der Waals surface area contributed by atoms with Gasteiger partial charge in [-0.15, -0.1) is 0 Å². The van der Waals surface area contributed by atoms with Crippen LogP contribution in [0.4, 0.5) is 0 Å². The molecule has 1 saturated carbocycles. The van der Waals surface area contributed by atoms with Crippen LogP contribution in [0.25, 0.3) is 0 Å². The van der Waals surface area contributed by atoms with Gasteiger partial charge in [-0.05, 0) is 19.3 Å². The molecule has 0 spiro atoms. The summed E-state index contributed by atoms with van der Waals surface area (Å²) in [4.78, 5) is 0. The van der Waals surface area contributed by atoms with Crippen molar-refractivity contribution in [2.75, 3.05) is 19.8 Å². The lowest BCUT2D eigenvalue weighted by molar-refractivity contribution is 0.176. The maximum absolute atomic E-state index is 6.23. The first-order valence-electron chi connectivity index (χ1n) is 6.39. The van der Waals surface area contributed by atoms with Crippen LogP contribution >= 0.6 is 0 Å². The summed E-state index contributed by atoms with van der Waals surface area (Å²) in [5.41, 5.74) is 6.14. The van der Waals surface area contributed by atoms with Gasteiger partial charge >= 0.3 is 0 Å². The van der Waals surface area contributed by atoms with Crippen LogP contribution in [-0.4, -0.2) is 31.3 Å². The second kappa shape index (κ2) is 5.28. The van der Waals surface area contributed by atoms with Crippen LogP contribution in [0.2, 0.25) is 0 Å². The number of ether oxygens (including phenoxy) is 1. The maximum atomic E-state index is 6.23. The van der Waals surface area contributed by atoms with Crippen molar-refractivity contribution in [3.05, 3.63) is 0 Å². The molecule has 3 heteroatoms. The van der Waals surface area contributed by atoms with Gasteiger partial charge in [0.05, 0.1) is 12.1 Å². The van der Waals surface area contributed by atoms with Crippen molar-refractivity contribution in [3.8, 4) is 0 Å². The smallest absolute Gasteiger partial charge is 0.0659 e. The van der Waals surface area contributed by atoms with E-state index in [4.69, 9.17) is 10.5 Å². The summed E-state index contributed by atoms with van der Waals surface area (Å²) in [6.45, 7) is 2.49. The molecule has 15 heavy (non-hydrogen) atoms. The van der Waals surface area contributed by atoms with E-state index in [-0.39, 0.29) is 5.54 Å². The quantitative estimate of drug-likeness (QED) is 0.696. The zero-order valence-electron chi connectivity index (χ0n) is 9.63. The van der Waals surface area contributed by atoms with Crippen LogP contribution in [0.5, 0.6) is 0 Å². The van der Waals surface area contributed by atoms with Crippen LogP contribution in [0, 0.1) is 0 Å². The Bertz CT molecular complexity index is 182. The Balaban J connectivity index is 1.71. The lowest BCUT2D eigenvalue weighted by Crippen LogP contribution is -2.51. The molecule has 1 aliphatic heterocycles. The highest BCUT2D eigenvalue weighted by molar-refractivity contribution is 4.91. The zero-order chi connectivity index (χ0) is 10.6. The predicted molar refractivity (Wildman–Crippen MR) is 61.8 cm³/mol. The third kappa shape index (κ3) is 3.44. The molecule has 88 valence electrons. The van der Waals surface area contributed by atoms with Crippen molar-refractivity contribution in [1.82, 2.24) is 5.32 Å². The van der Waals surface area contributed by atoms with E-state index in [9.17, 15) is 0 Å². The summed E-state index contributed by atoms with van der Waals surface area (Å²) < 4.78 is 5.36. The molecule has 1 heterocycles. The summed E-state index contributed by atoms with van der Waals surface area (Å²) in [6.07, 6.45) is 9.25. The van der Waals surface area contributed by atoms with Crippen molar-refractivity contribution in [2.45, 2.75) is 56.5 Å². The van der Waals surface area contributed by atoms with Crippen molar-refractivity contribution in [2.24, 2.45) is 5.73 Å². The van der Waals surface area contributed by atoms with E-state index in [1.54, 1.807) is 0 Å². The minimum atomic E-state index is -0.0910. The first-order valence-corrected chi connectivity index (χ1v) is 6.39. The SMILES string of the molecule is NC1(CNC2CCCCCC2)CCOC1. The first kappa shape index (κ1) is 11.4. The second-order valence-corrected chi connectivity index (χ2v) is 5.23. The molecule has 2 aliphatic rings. The van der Waals surface area contributed by atoms with Crippen LogP contribution in [0.3, 0.4) is 0 Å². The van der Waals surface area contributed by atoms with E-state index in [0.717, 1.165) is 26.2 Å². The number of rotatable bonds is 3. The average molecular weight is 212 g/mol. The van der Waals surface area contributed by atoms with Gasteiger partial charge in [0.1, 0.15) is 0 Å². The van der Waals surface area contributed by atoms with Gasteiger partial charge in [0.25, 0.3) is 0 Å². The van der Waals surface area contributed by atoms with Crippen molar-refractivity contribution in [1.29, 1.82) is 0 Å². The Kier molecular flexibility index (Phi) is 4.00. The topological polar surface area (TPSA) is 47.3 Å². The molecule has 1 unspecified atom stereocenters. The van der Waals surface area contributed by atoms with E-state index in [0.29, 0.717) is 6.04 Å². The molecule has 0 amide bonds. The van der Waals surface area contributed by atoms with Gasteiger partial charge in [-0.1, -0.05) is 25.7 Å². The highest BCUT2D eigenvalue weighted by Crippen LogP contribution is 2.19. The molecule has 0 bridgehead atoms. The monoisotopic (exact) mass is 212 g/mol. The van der Waals surface area contributed by atoms with E-state index in [1.807, 2.05) is 0 Å². The molecular weight excluding hydrogens is 188 g/mol. The Morgan fingerprint density at radius 2 is 1.93 bits per heavy atom. The van der Waals surface area contributed by atoms with E-state index < -0.39 is 0 Å². The van der Waals surface area contributed by atoms with Gasteiger partial charge in [0.15, 0.2) is 0 Å². The molecule has 1 saturated heterocycles. The molecule has 3 N–H and O–H groups in total. The van der Waals surface area contributed by atoms with Crippen LogP contribution < -0.4 is 11.1 Å². The Hall–Kier alpha value is -0.120. The predicted octanol–water partition coefficient (Wildman–Crippen LogP) is 1.42. The van der Waals surface area contributed by atoms with Crippen LogP contribution in [-0.2, 0) is 4.74 Å². The zero-order valence-corrected chi connectivity index (χ0v) is 9.63. The van der Waals surface area contributed by atoms with Crippen molar-refractivity contribution in [3.63, 3.8) is 0 Å². The van der Waals surface area contributed by atoms with Gasteiger partial charge < -0.3 is 15.8 Å². The summed E-state index contributed by atoms with van der Waals surface area (Å²) >= 11 is 0. The first-order chi connectivity index (χ1) is 7.29. The van der Waals surface area contributed by atoms with Gasteiger partial charge in [-0.2, -0.15) is 0 Å². The number of nitrogens with two attached hydrogens (primary N) is 1. The van der Waals surface area contributed by atoms with E-state index in [1.165, 1.54) is 38.5 Å². The second-order valence-electron chi connectivity index (χ2n) is 5.23. The Labute approximate surface area is 92.7 Å². The summed E-state index contributed by atoms with van der Waals surface area (Å²) in [6, 6.07) is 0.702. The minimum Gasteiger partial charge on any atom is -0.379 e. The summed E-state index contributed by atoms with van der Waals surface area (Å²) in [5, 5.41) is 3.64. The van der Waals surface area contributed by atoms with Crippen molar-refractivity contribution < 1.29 is 4.74 Å². The van der Waals surface area contributed by atoms with Gasteiger partial charge in [0, 0.05) is 19.2 Å². The van der Waals surface area contributed by atoms with Crippen LogP contribution in [0.15, 0.2) is 0 Å². The molecule has 1 atom stereocenters. The fraction of sp³-hybridized carbons (Fsp3) is 1.00. The maximum Gasteiger partial charge on any atom is 0.0659 e. The summed E-state index contributed by atoms with van der Waals surface area (Å²) in [5.74, 6) is 0. The number of hydrogen-bond acceptors (Lipinski definition) is 3.